The Labute approximate surface area is 114 Å². The zero-order chi connectivity index (χ0) is 13.9. The van der Waals surface area contributed by atoms with Crippen LogP contribution < -0.4 is 10.5 Å². The number of nitrogens with zero attached hydrogens (tertiary/aromatic N) is 1. The summed E-state index contributed by atoms with van der Waals surface area (Å²) in [5.41, 5.74) is 6.47. The predicted molar refractivity (Wildman–Crippen MR) is 72.7 cm³/mol. The number of ketones is 1. The van der Waals surface area contributed by atoms with Crippen LogP contribution in [0, 0.1) is 0 Å². The number of likely N-dealkylation sites (N-methyl/N-ethyl adjacent to an activating group) is 1. The van der Waals surface area contributed by atoms with Crippen molar-refractivity contribution in [2.24, 2.45) is 0 Å². The Morgan fingerprint density at radius 3 is 2.50 bits per heavy atom. The van der Waals surface area contributed by atoms with Gasteiger partial charge >= 0.3 is 0 Å². The van der Waals surface area contributed by atoms with E-state index in [0.29, 0.717) is 15.7 Å². The molecule has 18 heavy (non-hydrogen) atoms. The fourth-order valence-corrected chi connectivity index (χ4v) is 1.78. The molecule has 6 heteroatoms. The fourth-order valence-electron chi connectivity index (χ4n) is 1.30. The van der Waals surface area contributed by atoms with E-state index in [2.05, 4.69) is 15.9 Å². The van der Waals surface area contributed by atoms with Crippen LogP contribution in [-0.4, -0.2) is 37.3 Å². The highest BCUT2D eigenvalue weighted by molar-refractivity contribution is 9.10. The van der Waals surface area contributed by atoms with Crippen LogP contribution in [0.25, 0.3) is 0 Å². The molecular weight excluding hydrogens is 300 g/mol. The molecule has 0 saturated heterocycles. The van der Waals surface area contributed by atoms with Crippen LogP contribution in [0.5, 0.6) is 5.75 Å². The van der Waals surface area contributed by atoms with Gasteiger partial charge in [0, 0.05) is 18.6 Å². The third kappa shape index (κ3) is 3.46. The average molecular weight is 315 g/mol. The highest BCUT2D eigenvalue weighted by Crippen LogP contribution is 2.31. The average Bonchev–Trinajstić information content (AvgIpc) is 2.26. The van der Waals surface area contributed by atoms with Crippen LogP contribution in [-0.2, 0) is 4.79 Å². The molecule has 98 valence electrons. The van der Waals surface area contributed by atoms with Gasteiger partial charge in [0.2, 0.25) is 0 Å². The summed E-state index contributed by atoms with van der Waals surface area (Å²) in [4.78, 5) is 24.3. The zero-order valence-corrected chi connectivity index (χ0v) is 12.1. The molecule has 0 spiro atoms. The first kappa shape index (κ1) is 14.5. The Kier molecular flexibility index (Phi) is 4.72. The molecule has 1 aromatic carbocycles. The van der Waals surface area contributed by atoms with Gasteiger partial charge in [-0.25, -0.2) is 0 Å². The van der Waals surface area contributed by atoms with Crippen molar-refractivity contribution in [3.05, 3.63) is 22.2 Å². The molecule has 0 aromatic heterocycles. The number of hydrogen-bond acceptors (Lipinski definition) is 4. The summed E-state index contributed by atoms with van der Waals surface area (Å²) in [7, 11) is 3.25. The fraction of sp³-hybridized carbons (Fsp3) is 0.333. The lowest BCUT2D eigenvalue weighted by Gasteiger charge is -2.15. The molecule has 0 fully saturated rings. The number of ether oxygens (including phenoxy) is 1. The molecule has 0 radical (unpaired) electrons. The van der Waals surface area contributed by atoms with Crippen molar-refractivity contribution < 1.29 is 14.3 Å². The third-order valence-electron chi connectivity index (χ3n) is 2.30. The highest BCUT2D eigenvalue weighted by atomic mass is 79.9. The second kappa shape index (κ2) is 5.86. The van der Waals surface area contributed by atoms with Crippen molar-refractivity contribution in [3.8, 4) is 5.75 Å². The molecule has 1 rings (SSSR count). The van der Waals surface area contributed by atoms with E-state index in [4.69, 9.17) is 10.5 Å². The van der Waals surface area contributed by atoms with Crippen LogP contribution in [0.15, 0.2) is 16.6 Å². The summed E-state index contributed by atoms with van der Waals surface area (Å²) in [6.07, 6.45) is 0. The van der Waals surface area contributed by atoms with Gasteiger partial charge in [-0.2, -0.15) is 0 Å². The zero-order valence-electron chi connectivity index (χ0n) is 10.5. The molecule has 5 nitrogen and oxygen atoms in total. The topological polar surface area (TPSA) is 72.6 Å². The maximum absolute atomic E-state index is 11.5. The van der Waals surface area contributed by atoms with E-state index in [1.54, 1.807) is 26.2 Å². The molecule has 0 aliphatic carbocycles. The number of Topliss-reactive ketones (excluding diaryl/α,β-unsaturated/α-hetero) is 1. The lowest BCUT2D eigenvalue weighted by molar-refractivity contribution is -0.130. The van der Waals surface area contributed by atoms with Gasteiger partial charge in [0.25, 0.3) is 5.91 Å². The Hall–Kier alpha value is -1.56. The van der Waals surface area contributed by atoms with Gasteiger partial charge in [0.1, 0.15) is 0 Å². The smallest absolute Gasteiger partial charge is 0.259 e. The molecule has 1 aromatic rings. The number of anilines is 1. The van der Waals surface area contributed by atoms with E-state index in [1.165, 1.54) is 11.8 Å². The second-order valence-corrected chi connectivity index (χ2v) is 4.92. The van der Waals surface area contributed by atoms with Gasteiger partial charge in [-0.3, -0.25) is 9.59 Å². The van der Waals surface area contributed by atoms with Crippen LogP contribution in [0.4, 0.5) is 5.69 Å². The Morgan fingerprint density at radius 2 is 2.00 bits per heavy atom. The van der Waals surface area contributed by atoms with E-state index >= 15 is 0 Å². The van der Waals surface area contributed by atoms with Crippen molar-refractivity contribution in [3.63, 3.8) is 0 Å². The maximum Gasteiger partial charge on any atom is 0.259 e. The van der Waals surface area contributed by atoms with E-state index in [-0.39, 0.29) is 24.0 Å². The van der Waals surface area contributed by atoms with Crippen LogP contribution >= 0.6 is 15.9 Å². The van der Waals surface area contributed by atoms with Crippen molar-refractivity contribution in [2.75, 3.05) is 26.4 Å². The molecule has 0 bridgehead atoms. The predicted octanol–water partition coefficient (Wildman–Crippen LogP) is 1.70. The maximum atomic E-state index is 11.5. The Balaban J connectivity index is 3.01. The first-order valence-corrected chi connectivity index (χ1v) is 6.05. The summed E-state index contributed by atoms with van der Waals surface area (Å²) < 4.78 is 6.04. The van der Waals surface area contributed by atoms with Crippen molar-refractivity contribution >= 4 is 33.3 Å². The standard InChI is InChI=1S/C12H15BrN2O3/c1-7(16)9-4-8(13)5-10(14)12(9)18-6-11(17)15(2)3/h4-5H,6,14H2,1-3H3. The van der Waals surface area contributed by atoms with Gasteiger partial charge in [-0.05, 0) is 19.1 Å². The molecule has 0 aliphatic rings. The minimum absolute atomic E-state index is 0.154. The van der Waals surface area contributed by atoms with Gasteiger partial charge in [0.15, 0.2) is 18.1 Å². The normalized spacial score (nSPS) is 10.0. The quantitative estimate of drug-likeness (QED) is 0.678. The summed E-state index contributed by atoms with van der Waals surface area (Å²) in [6, 6.07) is 3.25. The van der Waals surface area contributed by atoms with Gasteiger partial charge < -0.3 is 15.4 Å². The number of nitrogens with two attached hydrogens (primary N) is 1. The number of nitrogen functional groups attached to an aromatic ring is 1. The third-order valence-corrected chi connectivity index (χ3v) is 2.76. The van der Waals surface area contributed by atoms with Crippen LogP contribution in [0.2, 0.25) is 0 Å². The minimum Gasteiger partial charge on any atom is -0.481 e. The highest BCUT2D eigenvalue weighted by Gasteiger charge is 2.15. The minimum atomic E-state index is -0.202. The van der Waals surface area contributed by atoms with Crippen molar-refractivity contribution in [1.29, 1.82) is 0 Å². The van der Waals surface area contributed by atoms with Crippen LogP contribution in [0.1, 0.15) is 17.3 Å². The summed E-state index contributed by atoms with van der Waals surface area (Å²) in [5, 5.41) is 0. The van der Waals surface area contributed by atoms with E-state index < -0.39 is 0 Å². The molecular formula is C12H15BrN2O3. The molecule has 0 heterocycles. The number of carbonyl (C=O) groups is 2. The number of benzene rings is 1. The Bertz CT molecular complexity index is 486. The number of rotatable bonds is 4. The monoisotopic (exact) mass is 314 g/mol. The largest absolute Gasteiger partial charge is 0.481 e. The molecule has 2 N–H and O–H groups in total. The summed E-state index contributed by atoms with van der Waals surface area (Å²) in [6.45, 7) is 1.26. The van der Waals surface area contributed by atoms with Gasteiger partial charge in [-0.1, -0.05) is 15.9 Å². The number of amides is 1. The SMILES string of the molecule is CC(=O)c1cc(Br)cc(N)c1OCC(=O)N(C)C. The lowest BCUT2D eigenvalue weighted by Crippen LogP contribution is -2.28. The van der Waals surface area contributed by atoms with Crippen molar-refractivity contribution in [1.82, 2.24) is 4.90 Å². The number of halogens is 1. The molecule has 0 saturated carbocycles. The van der Waals surface area contributed by atoms with Crippen molar-refractivity contribution in [2.45, 2.75) is 6.92 Å². The van der Waals surface area contributed by atoms with Gasteiger partial charge in [-0.15, -0.1) is 0 Å². The van der Waals surface area contributed by atoms with E-state index in [0.717, 1.165) is 0 Å². The van der Waals surface area contributed by atoms with E-state index in [9.17, 15) is 9.59 Å². The Morgan fingerprint density at radius 1 is 1.39 bits per heavy atom. The summed E-state index contributed by atoms with van der Waals surface area (Å²) in [5.74, 6) is -0.122. The van der Waals surface area contributed by atoms with Gasteiger partial charge in [0.05, 0.1) is 11.3 Å². The first-order valence-electron chi connectivity index (χ1n) is 5.25. The molecule has 1 amide bonds. The lowest BCUT2D eigenvalue weighted by atomic mass is 10.1. The first-order chi connectivity index (χ1) is 8.32. The van der Waals surface area contributed by atoms with E-state index in [1.807, 2.05) is 0 Å². The van der Waals surface area contributed by atoms with Crippen LogP contribution in [0.3, 0.4) is 0 Å². The molecule has 0 unspecified atom stereocenters. The molecule has 0 atom stereocenters. The number of hydrogen-bond donors (Lipinski definition) is 1. The second-order valence-electron chi connectivity index (χ2n) is 4.00. The summed E-state index contributed by atoms with van der Waals surface area (Å²) >= 11 is 3.26. The number of carbonyl (C=O) groups excluding carboxylic acids is 2. The molecule has 0 aliphatic heterocycles.